The topological polar surface area (TPSA) is 49.6 Å². The molecule has 1 aliphatic rings. The number of carbonyl (C=O) groups excluding carboxylic acids is 1. The monoisotopic (exact) mass is 397 g/mol. The van der Waals surface area contributed by atoms with Crippen LogP contribution in [0, 0.1) is 5.92 Å². The number of nitrogens with two attached hydrogens (primary N) is 1. The zero-order valence-electron chi connectivity index (χ0n) is 17.3. The lowest BCUT2D eigenvalue weighted by molar-refractivity contribution is -0.134. The van der Waals surface area contributed by atoms with Crippen molar-refractivity contribution >= 4 is 11.6 Å². The maximum atomic E-state index is 12.7. The van der Waals surface area contributed by atoms with Crippen LogP contribution in [0.5, 0.6) is 0 Å². The molecule has 1 aliphatic heterocycles. The Bertz CT molecular complexity index is 757. The van der Waals surface area contributed by atoms with E-state index in [1.54, 1.807) is 0 Å². The third kappa shape index (κ3) is 6.04. The summed E-state index contributed by atoms with van der Waals surface area (Å²) >= 11 is 0. The summed E-state index contributed by atoms with van der Waals surface area (Å²) in [6.45, 7) is 1.96. The second-order valence-electron chi connectivity index (χ2n) is 8.07. The molecule has 2 aromatic carbocycles. The summed E-state index contributed by atoms with van der Waals surface area (Å²) in [5.74, 6) is 0.412. The lowest BCUT2D eigenvalue weighted by Gasteiger charge is -2.33. The molecule has 1 saturated heterocycles. The van der Waals surface area contributed by atoms with E-state index in [0.717, 1.165) is 30.6 Å². The molecule has 0 bridgehead atoms. The molecule has 5 heteroatoms. The number of rotatable bonds is 8. The largest absolute Gasteiger partial charge is 0.370 e. The Kier molecular flexibility index (Phi) is 7.64. The standard InChI is InChI=1S/C24H32FN3O/c1-27(18-21-5-3-2-4-6-21)22-9-7-20(8-10-22)17-23(26)24(29)28-15-12-19(11-14-25)13-16-28/h2-10,19,23H,11-18,26H2,1H3/t23-/m0/s1. The number of alkyl halides is 1. The minimum Gasteiger partial charge on any atom is -0.370 e. The normalized spacial score (nSPS) is 15.9. The fourth-order valence-corrected chi connectivity index (χ4v) is 4.01. The Hall–Kier alpha value is -2.40. The third-order valence-corrected chi connectivity index (χ3v) is 5.86. The number of hydrogen-bond donors (Lipinski definition) is 1. The highest BCUT2D eigenvalue weighted by atomic mass is 19.1. The Morgan fingerprint density at radius 2 is 1.76 bits per heavy atom. The summed E-state index contributed by atoms with van der Waals surface area (Å²) in [4.78, 5) is 16.7. The van der Waals surface area contributed by atoms with Gasteiger partial charge in [0.1, 0.15) is 0 Å². The van der Waals surface area contributed by atoms with E-state index >= 15 is 0 Å². The van der Waals surface area contributed by atoms with Crippen LogP contribution in [0.1, 0.15) is 30.4 Å². The first kappa shape index (κ1) is 21.3. The maximum Gasteiger partial charge on any atom is 0.239 e. The van der Waals surface area contributed by atoms with Gasteiger partial charge >= 0.3 is 0 Å². The first-order chi connectivity index (χ1) is 14.1. The molecular weight excluding hydrogens is 365 g/mol. The Labute approximate surface area is 173 Å². The molecule has 0 aromatic heterocycles. The molecule has 2 N–H and O–H groups in total. The number of amides is 1. The second kappa shape index (κ2) is 10.4. The van der Waals surface area contributed by atoms with Gasteiger partial charge in [0.15, 0.2) is 0 Å². The van der Waals surface area contributed by atoms with E-state index in [1.165, 1.54) is 5.56 Å². The number of hydrogen-bond acceptors (Lipinski definition) is 3. The van der Waals surface area contributed by atoms with Crippen molar-refractivity contribution in [2.75, 3.05) is 31.7 Å². The lowest BCUT2D eigenvalue weighted by atomic mass is 9.93. The summed E-state index contributed by atoms with van der Waals surface area (Å²) in [6.07, 6.45) is 2.90. The second-order valence-corrected chi connectivity index (χ2v) is 8.07. The minimum atomic E-state index is -0.527. The predicted octanol–water partition coefficient (Wildman–Crippen LogP) is 3.79. The van der Waals surface area contributed by atoms with Crippen LogP contribution < -0.4 is 10.6 Å². The van der Waals surface area contributed by atoms with Gasteiger partial charge in [0.05, 0.1) is 12.7 Å². The van der Waals surface area contributed by atoms with Gasteiger partial charge in [-0.15, -0.1) is 0 Å². The van der Waals surface area contributed by atoms with Gasteiger partial charge in [0.2, 0.25) is 5.91 Å². The van der Waals surface area contributed by atoms with Crippen molar-refractivity contribution in [1.29, 1.82) is 0 Å². The summed E-state index contributed by atoms with van der Waals surface area (Å²) in [5, 5.41) is 0. The van der Waals surface area contributed by atoms with Crippen molar-refractivity contribution in [3.8, 4) is 0 Å². The number of halogens is 1. The van der Waals surface area contributed by atoms with Crippen LogP contribution in [0.4, 0.5) is 10.1 Å². The fraction of sp³-hybridized carbons (Fsp3) is 0.458. The SMILES string of the molecule is CN(Cc1ccccc1)c1ccc(C[C@H](N)C(=O)N2CCC(CCF)CC2)cc1. The number of anilines is 1. The smallest absolute Gasteiger partial charge is 0.239 e. The van der Waals surface area contributed by atoms with E-state index < -0.39 is 6.04 Å². The van der Waals surface area contributed by atoms with E-state index in [9.17, 15) is 9.18 Å². The van der Waals surface area contributed by atoms with Crippen LogP contribution in [-0.2, 0) is 17.8 Å². The molecule has 2 aromatic rings. The van der Waals surface area contributed by atoms with Gasteiger partial charge < -0.3 is 15.5 Å². The van der Waals surface area contributed by atoms with Gasteiger partial charge in [-0.05, 0) is 54.9 Å². The number of likely N-dealkylation sites (tertiary alicyclic amines) is 1. The first-order valence-corrected chi connectivity index (χ1v) is 10.5. The molecule has 156 valence electrons. The quantitative estimate of drug-likeness (QED) is 0.737. The van der Waals surface area contributed by atoms with Crippen LogP contribution in [0.15, 0.2) is 54.6 Å². The molecule has 1 fully saturated rings. The zero-order valence-corrected chi connectivity index (χ0v) is 17.3. The molecular formula is C24H32FN3O. The maximum absolute atomic E-state index is 12.7. The molecule has 0 saturated carbocycles. The van der Waals surface area contributed by atoms with Gasteiger partial charge in [-0.25, -0.2) is 0 Å². The van der Waals surface area contributed by atoms with Crippen LogP contribution in [0.3, 0.4) is 0 Å². The molecule has 1 heterocycles. The Balaban J connectivity index is 1.50. The molecule has 0 aliphatic carbocycles. The number of benzene rings is 2. The molecule has 0 spiro atoms. The van der Waals surface area contributed by atoms with Crippen LogP contribution >= 0.6 is 0 Å². The average Bonchev–Trinajstić information content (AvgIpc) is 2.75. The highest BCUT2D eigenvalue weighted by molar-refractivity contribution is 5.82. The number of carbonyl (C=O) groups is 1. The highest BCUT2D eigenvalue weighted by Crippen LogP contribution is 2.22. The van der Waals surface area contributed by atoms with Gasteiger partial charge in [0, 0.05) is 32.4 Å². The molecule has 1 atom stereocenters. The van der Waals surface area contributed by atoms with Crippen LogP contribution in [-0.4, -0.2) is 43.7 Å². The van der Waals surface area contributed by atoms with Gasteiger partial charge in [0.25, 0.3) is 0 Å². The minimum absolute atomic E-state index is 0.00831. The fourth-order valence-electron chi connectivity index (χ4n) is 4.01. The van der Waals surface area contributed by atoms with Crippen LogP contribution in [0.25, 0.3) is 0 Å². The Morgan fingerprint density at radius 1 is 1.10 bits per heavy atom. The van der Waals surface area contributed by atoms with Crippen molar-refractivity contribution < 1.29 is 9.18 Å². The van der Waals surface area contributed by atoms with Gasteiger partial charge in [-0.2, -0.15) is 0 Å². The third-order valence-electron chi connectivity index (χ3n) is 5.86. The van der Waals surface area contributed by atoms with Crippen molar-refractivity contribution in [3.63, 3.8) is 0 Å². The van der Waals surface area contributed by atoms with Crippen molar-refractivity contribution in [1.82, 2.24) is 4.90 Å². The van der Waals surface area contributed by atoms with E-state index in [0.29, 0.717) is 31.8 Å². The molecule has 29 heavy (non-hydrogen) atoms. The van der Waals surface area contributed by atoms with Crippen LogP contribution in [0.2, 0.25) is 0 Å². The average molecular weight is 398 g/mol. The van der Waals surface area contributed by atoms with E-state index in [-0.39, 0.29) is 12.6 Å². The molecule has 1 amide bonds. The lowest BCUT2D eigenvalue weighted by Crippen LogP contribution is -2.48. The van der Waals surface area contributed by atoms with Gasteiger partial charge in [-0.3, -0.25) is 9.18 Å². The molecule has 0 unspecified atom stereocenters. The molecule has 4 nitrogen and oxygen atoms in total. The molecule has 0 radical (unpaired) electrons. The van der Waals surface area contributed by atoms with E-state index in [4.69, 9.17) is 5.73 Å². The zero-order chi connectivity index (χ0) is 20.6. The van der Waals surface area contributed by atoms with E-state index in [1.807, 2.05) is 23.1 Å². The predicted molar refractivity (Wildman–Crippen MR) is 117 cm³/mol. The summed E-state index contributed by atoms with van der Waals surface area (Å²) in [7, 11) is 2.07. The Morgan fingerprint density at radius 3 is 2.38 bits per heavy atom. The van der Waals surface area contributed by atoms with Crippen molar-refractivity contribution in [2.45, 2.75) is 38.3 Å². The van der Waals surface area contributed by atoms with Gasteiger partial charge in [-0.1, -0.05) is 42.5 Å². The number of nitrogens with zero attached hydrogens (tertiary/aromatic N) is 2. The first-order valence-electron chi connectivity index (χ1n) is 10.5. The number of piperidine rings is 1. The van der Waals surface area contributed by atoms with Crippen molar-refractivity contribution in [3.05, 3.63) is 65.7 Å². The molecule has 3 rings (SSSR count). The van der Waals surface area contributed by atoms with E-state index in [2.05, 4.69) is 48.3 Å². The summed E-state index contributed by atoms with van der Waals surface area (Å²) in [5.41, 5.74) is 9.67. The summed E-state index contributed by atoms with van der Waals surface area (Å²) in [6, 6.07) is 18.1. The highest BCUT2D eigenvalue weighted by Gasteiger charge is 2.26. The summed E-state index contributed by atoms with van der Waals surface area (Å²) < 4.78 is 12.5. The van der Waals surface area contributed by atoms with Crippen molar-refractivity contribution in [2.24, 2.45) is 11.7 Å².